The maximum atomic E-state index is 13.2. The van der Waals surface area contributed by atoms with Crippen LogP contribution in [0.2, 0.25) is 0 Å². The average Bonchev–Trinajstić information content (AvgIpc) is 2.68. The number of aryl methyl sites for hydroxylation is 3. The second kappa shape index (κ2) is 8.79. The molecule has 3 aromatic carbocycles. The third-order valence-electron chi connectivity index (χ3n) is 5.19. The van der Waals surface area contributed by atoms with Crippen molar-refractivity contribution in [2.24, 2.45) is 0 Å². The quantitative estimate of drug-likeness (QED) is 0.461. The monoisotopic (exact) mass is 370 g/mol. The normalized spacial score (nSPS) is 11.8. The standard InChI is InChI=1S/C26H26O2/c1-18-14-19(2)26(20(3)15-18)25(28)17-23(21-10-6-4-7-11-21)16-24(27)22-12-8-5-9-13-22/h4-15,23H,16-17H2,1-3H3. The van der Waals surface area contributed by atoms with Crippen LogP contribution in [0.3, 0.4) is 0 Å². The Morgan fingerprint density at radius 2 is 1.21 bits per heavy atom. The largest absolute Gasteiger partial charge is 0.294 e. The maximum Gasteiger partial charge on any atom is 0.164 e. The summed E-state index contributed by atoms with van der Waals surface area (Å²) in [5.41, 5.74) is 5.68. The number of ketones is 2. The third-order valence-corrected chi connectivity index (χ3v) is 5.19. The number of benzene rings is 3. The molecule has 2 nitrogen and oxygen atoms in total. The Kier molecular flexibility index (Phi) is 6.20. The van der Waals surface area contributed by atoms with E-state index in [1.807, 2.05) is 93.6 Å². The van der Waals surface area contributed by atoms with E-state index in [1.54, 1.807) is 0 Å². The van der Waals surface area contributed by atoms with Crippen molar-refractivity contribution in [1.82, 2.24) is 0 Å². The molecule has 0 aromatic heterocycles. The summed E-state index contributed by atoms with van der Waals surface area (Å²) < 4.78 is 0. The van der Waals surface area contributed by atoms with Crippen LogP contribution in [0.5, 0.6) is 0 Å². The summed E-state index contributed by atoms with van der Waals surface area (Å²) >= 11 is 0. The minimum Gasteiger partial charge on any atom is -0.294 e. The number of Topliss-reactive ketones (excluding diaryl/α,β-unsaturated/α-hetero) is 2. The molecule has 0 heterocycles. The first-order chi connectivity index (χ1) is 13.5. The van der Waals surface area contributed by atoms with Crippen molar-refractivity contribution in [2.45, 2.75) is 39.5 Å². The molecule has 0 radical (unpaired) electrons. The Labute approximate surface area is 167 Å². The van der Waals surface area contributed by atoms with Crippen LogP contribution in [0.15, 0.2) is 72.8 Å². The van der Waals surface area contributed by atoms with Gasteiger partial charge in [0.15, 0.2) is 11.6 Å². The molecule has 3 rings (SSSR count). The summed E-state index contributed by atoms with van der Waals surface area (Å²) in [5.74, 6) is 0.0332. The van der Waals surface area contributed by atoms with Crippen LogP contribution in [0, 0.1) is 20.8 Å². The fourth-order valence-corrected chi connectivity index (χ4v) is 3.94. The van der Waals surface area contributed by atoms with Crippen molar-refractivity contribution in [2.75, 3.05) is 0 Å². The first-order valence-electron chi connectivity index (χ1n) is 9.70. The minimum atomic E-state index is -0.137. The topological polar surface area (TPSA) is 34.1 Å². The average molecular weight is 370 g/mol. The molecule has 0 aliphatic heterocycles. The number of hydrogen-bond donors (Lipinski definition) is 0. The molecule has 0 N–H and O–H groups in total. The summed E-state index contributed by atoms with van der Waals surface area (Å²) in [7, 11) is 0. The Morgan fingerprint density at radius 1 is 0.714 bits per heavy atom. The Balaban J connectivity index is 1.88. The van der Waals surface area contributed by atoms with E-state index >= 15 is 0 Å². The van der Waals surface area contributed by atoms with E-state index < -0.39 is 0 Å². The number of carbonyl (C=O) groups is 2. The molecule has 0 aliphatic rings. The summed E-state index contributed by atoms with van der Waals surface area (Å²) in [6, 6.07) is 23.3. The van der Waals surface area contributed by atoms with Gasteiger partial charge < -0.3 is 0 Å². The summed E-state index contributed by atoms with van der Waals surface area (Å²) in [6.45, 7) is 6.01. The van der Waals surface area contributed by atoms with Crippen LogP contribution in [0.1, 0.15) is 61.7 Å². The van der Waals surface area contributed by atoms with Crippen molar-refractivity contribution in [3.63, 3.8) is 0 Å². The third kappa shape index (κ3) is 4.64. The van der Waals surface area contributed by atoms with Crippen LogP contribution >= 0.6 is 0 Å². The van der Waals surface area contributed by atoms with Crippen LogP contribution in [0.4, 0.5) is 0 Å². The van der Waals surface area contributed by atoms with Gasteiger partial charge in [0.05, 0.1) is 0 Å². The maximum absolute atomic E-state index is 13.2. The Hall–Kier alpha value is -3.00. The van der Waals surface area contributed by atoms with Crippen LogP contribution < -0.4 is 0 Å². The first kappa shape index (κ1) is 19.8. The predicted molar refractivity (Wildman–Crippen MR) is 114 cm³/mol. The molecule has 0 aliphatic carbocycles. The molecule has 2 heteroatoms. The molecule has 1 atom stereocenters. The predicted octanol–water partition coefficient (Wildman–Crippen LogP) is 6.24. The molecule has 0 saturated carbocycles. The molecule has 0 saturated heterocycles. The molecule has 0 bridgehead atoms. The lowest BCUT2D eigenvalue weighted by atomic mass is 9.84. The second-order valence-electron chi connectivity index (χ2n) is 7.50. The zero-order valence-corrected chi connectivity index (χ0v) is 16.7. The van der Waals surface area contributed by atoms with Crippen molar-refractivity contribution >= 4 is 11.6 Å². The van der Waals surface area contributed by atoms with E-state index in [0.717, 1.165) is 27.8 Å². The lowest BCUT2D eigenvalue weighted by molar-refractivity contribution is 0.0944. The lowest BCUT2D eigenvalue weighted by Crippen LogP contribution is -2.14. The van der Waals surface area contributed by atoms with Crippen LogP contribution in [-0.4, -0.2) is 11.6 Å². The molecule has 3 aromatic rings. The van der Waals surface area contributed by atoms with Crippen LogP contribution in [0.25, 0.3) is 0 Å². The van der Waals surface area contributed by atoms with E-state index in [-0.39, 0.29) is 17.5 Å². The smallest absolute Gasteiger partial charge is 0.164 e. The zero-order chi connectivity index (χ0) is 20.1. The van der Waals surface area contributed by atoms with Crippen LogP contribution in [-0.2, 0) is 0 Å². The highest BCUT2D eigenvalue weighted by Gasteiger charge is 2.23. The van der Waals surface area contributed by atoms with Crippen molar-refractivity contribution < 1.29 is 9.59 Å². The van der Waals surface area contributed by atoms with E-state index in [4.69, 9.17) is 0 Å². The van der Waals surface area contributed by atoms with Gasteiger partial charge in [0.2, 0.25) is 0 Å². The van der Waals surface area contributed by atoms with Crippen molar-refractivity contribution in [3.8, 4) is 0 Å². The fourth-order valence-electron chi connectivity index (χ4n) is 3.94. The van der Waals surface area contributed by atoms with Gasteiger partial charge in [0.25, 0.3) is 0 Å². The highest BCUT2D eigenvalue weighted by molar-refractivity contribution is 6.01. The van der Waals surface area contributed by atoms with Gasteiger partial charge in [0, 0.05) is 24.0 Å². The number of rotatable bonds is 7. The highest BCUT2D eigenvalue weighted by atomic mass is 16.1. The van der Waals surface area contributed by atoms with Gasteiger partial charge in [-0.3, -0.25) is 9.59 Å². The van der Waals surface area contributed by atoms with Gasteiger partial charge in [-0.1, -0.05) is 78.4 Å². The van der Waals surface area contributed by atoms with E-state index in [1.165, 1.54) is 0 Å². The van der Waals surface area contributed by atoms with Gasteiger partial charge in [-0.2, -0.15) is 0 Å². The fraction of sp³-hybridized carbons (Fsp3) is 0.231. The van der Waals surface area contributed by atoms with Gasteiger partial charge in [-0.15, -0.1) is 0 Å². The second-order valence-corrected chi connectivity index (χ2v) is 7.50. The summed E-state index contributed by atoms with van der Waals surface area (Å²) in [6.07, 6.45) is 0.650. The Morgan fingerprint density at radius 3 is 1.79 bits per heavy atom. The molecule has 142 valence electrons. The molecule has 1 unspecified atom stereocenters. The van der Waals surface area contributed by atoms with Gasteiger partial charge in [0.1, 0.15) is 0 Å². The number of hydrogen-bond acceptors (Lipinski definition) is 2. The SMILES string of the molecule is Cc1cc(C)c(C(=O)CC(CC(=O)c2ccccc2)c2ccccc2)c(C)c1. The number of carbonyl (C=O) groups excluding carboxylic acids is 2. The van der Waals surface area contributed by atoms with Crippen molar-refractivity contribution in [1.29, 1.82) is 0 Å². The van der Waals surface area contributed by atoms with E-state index in [2.05, 4.69) is 0 Å². The minimum absolute atomic E-state index is 0.0691. The first-order valence-corrected chi connectivity index (χ1v) is 9.70. The van der Waals surface area contributed by atoms with Gasteiger partial charge in [-0.05, 0) is 43.4 Å². The zero-order valence-electron chi connectivity index (χ0n) is 16.7. The Bertz CT molecular complexity index is 949. The highest BCUT2D eigenvalue weighted by Crippen LogP contribution is 2.29. The van der Waals surface area contributed by atoms with Gasteiger partial charge >= 0.3 is 0 Å². The van der Waals surface area contributed by atoms with Crippen molar-refractivity contribution in [3.05, 3.63) is 106 Å². The molecule has 0 fully saturated rings. The molecule has 0 amide bonds. The summed E-state index contributed by atoms with van der Waals surface area (Å²) in [5, 5.41) is 0. The molecular weight excluding hydrogens is 344 g/mol. The van der Waals surface area contributed by atoms with E-state index in [0.29, 0.717) is 18.4 Å². The summed E-state index contributed by atoms with van der Waals surface area (Å²) in [4.78, 5) is 26.0. The van der Waals surface area contributed by atoms with E-state index in [9.17, 15) is 9.59 Å². The molecule has 28 heavy (non-hydrogen) atoms. The van der Waals surface area contributed by atoms with Gasteiger partial charge in [-0.25, -0.2) is 0 Å². The molecule has 0 spiro atoms. The lowest BCUT2D eigenvalue weighted by Gasteiger charge is -2.18. The molecular formula is C26H26O2.